The molecule has 0 aromatic rings. The molecule has 0 amide bonds. The third kappa shape index (κ3) is 7.00. The Labute approximate surface area is 99.1 Å². The first-order chi connectivity index (χ1) is 7.43. The second-order valence-electron chi connectivity index (χ2n) is 4.03. The summed E-state index contributed by atoms with van der Waals surface area (Å²) in [6, 6.07) is 0. The first-order valence-electron chi connectivity index (χ1n) is 5.43. The van der Waals surface area contributed by atoms with Gasteiger partial charge in [-0.05, 0) is 33.6 Å². The van der Waals surface area contributed by atoms with Crippen LogP contribution in [0.2, 0.25) is 0 Å². The lowest BCUT2D eigenvalue weighted by Gasteiger charge is -2.11. The predicted octanol–water partition coefficient (Wildman–Crippen LogP) is 4.17. The summed E-state index contributed by atoms with van der Waals surface area (Å²) in [5, 5.41) is 0. The molecule has 0 N–H and O–H groups in total. The fourth-order valence-corrected chi connectivity index (χ4v) is 2.16. The van der Waals surface area contributed by atoms with Crippen LogP contribution in [0.5, 0.6) is 0 Å². The van der Waals surface area contributed by atoms with Crippen LogP contribution in [0.1, 0.15) is 33.6 Å². The van der Waals surface area contributed by atoms with Crippen LogP contribution in [0.15, 0.2) is 23.3 Å². The normalized spacial score (nSPS) is 12.7. The largest absolute Gasteiger partial charge is 0.333 e. The van der Waals surface area contributed by atoms with Crippen LogP contribution in [-0.2, 0) is 13.6 Å². The molecule has 0 aliphatic rings. The van der Waals surface area contributed by atoms with E-state index in [4.69, 9.17) is 9.05 Å². The first kappa shape index (κ1) is 15.6. The van der Waals surface area contributed by atoms with E-state index in [1.165, 1.54) is 25.4 Å². The zero-order valence-corrected chi connectivity index (χ0v) is 11.8. The summed E-state index contributed by atoms with van der Waals surface area (Å²) in [7, 11) is -0.0514. The van der Waals surface area contributed by atoms with Gasteiger partial charge in [0.25, 0.3) is 0 Å². The van der Waals surface area contributed by atoms with Crippen molar-refractivity contribution in [1.82, 2.24) is 0 Å². The van der Waals surface area contributed by atoms with Crippen LogP contribution < -0.4 is 0 Å². The van der Waals surface area contributed by atoms with Gasteiger partial charge in [-0.2, -0.15) is 0 Å². The molecule has 0 saturated carbocycles. The number of rotatable bonds is 7. The maximum absolute atomic E-state index is 11.7. The van der Waals surface area contributed by atoms with E-state index in [1.807, 2.05) is 13.0 Å². The summed E-state index contributed by atoms with van der Waals surface area (Å²) >= 11 is 0. The van der Waals surface area contributed by atoms with E-state index in [-0.39, 0.29) is 0 Å². The van der Waals surface area contributed by atoms with Crippen LogP contribution in [0.25, 0.3) is 0 Å². The molecule has 0 saturated heterocycles. The SMILES string of the molecule is COP(=O)(C/C=C(\C)CCC=C(C)C)OC. The lowest BCUT2D eigenvalue weighted by atomic mass is 10.1. The van der Waals surface area contributed by atoms with Crippen molar-refractivity contribution in [3.63, 3.8) is 0 Å². The minimum Gasteiger partial charge on any atom is -0.312 e. The van der Waals surface area contributed by atoms with E-state index in [0.717, 1.165) is 12.8 Å². The number of hydrogen-bond acceptors (Lipinski definition) is 3. The van der Waals surface area contributed by atoms with Crippen LogP contribution in [0, 0.1) is 0 Å². The lowest BCUT2D eigenvalue weighted by Crippen LogP contribution is -1.92. The van der Waals surface area contributed by atoms with Crippen molar-refractivity contribution in [1.29, 1.82) is 0 Å². The Hall–Kier alpha value is -0.370. The van der Waals surface area contributed by atoms with Gasteiger partial charge in [0.15, 0.2) is 0 Å². The Kier molecular flexibility index (Phi) is 7.65. The second kappa shape index (κ2) is 7.83. The van der Waals surface area contributed by atoms with Crippen molar-refractivity contribution in [2.24, 2.45) is 0 Å². The molecule has 0 aromatic heterocycles. The maximum atomic E-state index is 11.7. The Bertz CT molecular complexity index is 293. The fourth-order valence-electron chi connectivity index (χ4n) is 1.18. The van der Waals surface area contributed by atoms with Gasteiger partial charge >= 0.3 is 7.60 Å². The zero-order chi connectivity index (χ0) is 12.6. The third-order valence-electron chi connectivity index (χ3n) is 2.31. The van der Waals surface area contributed by atoms with Gasteiger partial charge in [0, 0.05) is 14.2 Å². The van der Waals surface area contributed by atoms with E-state index in [0.29, 0.717) is 6.16 Å². The molecule has 0 aliphatic heterocycles. The summed E-state index contributed by atoms with van der Waals surface area (Å²) in [4.78, 5) is 0. The Morgan fingerprint density at radius 1 is 1.12 bits per heavy atom. The summed E-state index contributed by atoms with van der Waals surface area (Å²) in [6.45, 7) is 6.21. The van der Waals surface area contributed by atoms with Gasteiger partial charge in [-0.1, -0.05) is 23.3 Å². The molecule has 0 fully saturated rings. The summed E-state index contributed by atoms with van der Waals surface area (Å²) in [5.41, 5.74) is 2.54. The third-order valence-corrected chi connectivity index (χ3v) is 4.05. The van der Waals surface area contributed by atoms with Gasteiger partial charge in [-0.25, -0.2) is 0 Å². The molecule has 94 valence electrons. The standard InChI is InChI=1S/C12H23O3P/c1-11(2)7-6-8-12(3)9-10-16(13,14-4)15-5/h7,9H,6,8,10H2,1-5H3/b12-9+. The maximum Gasteiger partial charge on any atom is 0.333 e. The van der Waals surface area contributed by atoms with Gasteiger partial charge in [0.1, 0.15) is 0 Å². The average Bonchev–Trinajstić information content (AvgIpc) is 2.25. The smallest absolute Gasteiger partial charge is 0.312 e. The van der Waals surface area contributed by atoms with Crippen molar-refractivity contribution in [3.05, 3.63) is 23.3 Å². The summed E-state index contributed by atoms with van der Waals surface area (Å²) in [5.74, 6) is 0. The molecular weight excluding hydrogens is 223 g/mol. The van der Waals surface area contributed by atoms with Gasteiger partial charge in [-0.3, -0.25) is 4.57 Å². The molecule has 0 atom stereocenters. The zero-order valence-electron chi connectivity index (χ0n) is 10.9. The first-order valence-corrected chi connectivity index (χ1v) is 7.16. The Morgan fingerprint density at radius 2 is 1.69 bits per heavy atom. The van der Waals surface area contributed by atoms with Gasteiger partial charge < -0.3 is 9.05 Å². The van der Waals surface area contributed by atoms with Crippen LogP contribution in [0.4, 0.5) is 0 Å². The van der Waals surface area contributed by atoms with Crippen molar-refractivity contribution in [2.45, 2.75) is 33.6 Å². The summed E-state index contributed by atoms with van der Waals surface area (Å²) < 4.78 is 21.4. The van der Waals surface area contributed by atoms with Gasteiger partial charge in [0.2, 0.25) is 0 Å². The van der Waals surface area contributed by atoms with Crippen LogP contribution in [0.3, 0.4) is 0 Å². The highest BCUT2D eigenvalue weighted by atomic mass is 31.2. The van der Waals surface area contributed by atoms with E-state index >= 15 is 0 Å². The molecule has 0 rings (SSSR count). The van der Waals surface area contributed by atoms with Crippen LogP contribution in [-0.4, -0.2) is 20.4 Å². The van der Waals surface area contributed by atoms with E-state index in [9.17, 15) is 4.57 Å². The highest BCUT2D eigenvalue weighted by Crippen LogP contribution is 2.46. The Balaban J connectivity index is 4.14. The monoisotopic (exact) mass is 246 g/mol. The number of allylic oxidation sites excluding steroid dienone is 4. The highest BCUT2D eigenvalue weighted by Gasteiger charge is 2.18. The van der Waals surface area contributed by atoms with Crippen LogP contribution >= 0.6 is 7.60 Å². The molecule has 0 bridgehead atoms. The van der Waals surface area contributed by atoms with E-state index in [1.54, 1.807) is 0 Å². The molecule has 0 radical (unpaired) electrons. The molecule has 0 spiro atoms. The Morgan fingerprint density at radius 3 is 2.12 bits per heavy atom. The second-order valence-corrected chi connectivity index (χ2v) is 6.35. The minimum absolute atomic E-state index is 0.348. The van der Waals surface area contributed by atoms with Crippen molar-refractivity contribution >= 4 is 7.60 Å². The van der Waals surface area contributed by atoms with Crippen molar-refractivity contribution < 1.29 is 13.6 Å². The average molecular weight is 246 g/mol. The molecule has 0 heterocycles. The quantitative estimate of drug-likeness (QED) is 0.499. The molecule has 4 heteroatoms. The molecular formula is C12H23O3P. The molecule has 0 aliphatic carbocycles. The fraction of sp³-hybridized carbons (Fsp3) is 0.667. The molecule has 3 nitrogen and oxygen atoms in total. The predicted molar refractivity (Wildman–Crippen MR) is 68.9 cm³/mol. The molecule has 0 aromatic carbocycles. The van der Waals surface area contributed by atoms with Gasteiger partial charge in [-0.15, -0.1) is 0 Å². The van der Waals surface area contributed by atoms with Crippen molar-refractivity contribution in [2.75, 3.05) is 20.4 Å². The van der Waals surface area contributed by atoms with Gasteiger partial charge in [0.05, 0.1) is 6.16 Å². The van der Waals surface area contributed by atoms with E-state index < -0.39 is 7.60 Å². The lowest BCUT2D eigenvalue weighted by molar-refractivity contribution is 0.279. The van der Waals surface area contributed by atoms with Crippen molar-refractivity contribution in [3.8, 4) is 0 Å². The molecule has 0 unspecified atom stereocenters. The highest BCUT2D eigenvalue weighted by molar-refractivity contribution is 7.54. The summed E-state index contributed by atoms with van der Waals surface area (Å²) in [6.07, 6.45) is 6.49. The topological polar surface area (TPSA) is 35.5 Å². The number of hydrogen-bond donors (Lipinski definition) is 0. The minimum atomic E-state index is -2.88. The molecule has 16 heavy (non-hydrogen) atoms. The van der Waals surface area contributed by atoms with E-state index in [2.05, 4.69) is 19.9 Å².